The molecule has 0 aromatic heterocycles. The standard InChI is InChI=1S/C18H19NO3/c1-13-4-6-14(7-5-13)17(20)12-22-18(21)15-8-10-16(11-9-15)19(2)3/h4-11H,12H2,1-3H3. The molecule has 0 aliphatic carbocycles. The summed E-state index contributed by atoms with van der Waals surface area (Å²) in [7, 11) is 3.85. The van der Waals surface area contributed by atoms with Crippen molar-refractivity contribution in [2.45, 2.75) is 6.92 Å². The van der Waals surface area contributed by atoms with Crippen LogP contribution in [0.3, 0.4) is 0 Å². The van der Waals surface area contributed by atoms with Gasteiger partial charge in [-0.25, -0.2) is 4.79 Å². The summed E-state index contributed by atoms with van der Waals surface area (Å²) in [5, 5.41) is 0. The van der Waals surface area contributed by atoms with Gasteiger partial charge in [-0.3, -0.25) is 4.79 Å². The summed E-state index contributed by atoms with van der Waals surface area (Å²) in [5.74, 6) is -0.705. The van der Waals surface area contributed by atoms with Crippen molar-refractivity contribution < 1.29 is 14.3 Å². The predicted molar refractivity (Wildman–Crippen MR) is 86.6 cm³/mol. The zero-order chi connectivity index (χ0) is 16.1. The molecule has 4 nitrogen and oxygen atoms in total. The number of ether oxygens (including phenoxy) is 1. The van der Waals surface area contributed by atoms with Gasteiger partial charge in [0.1, 0.15) is 0 Å². The molecule has 0 bridgehead atoms. The molecular weight excluding hydrogens is 278 g/mol. The maximum Gasteiger partial charge on any atom is 0.338 e. The van der Waals surface area contributed by atoms with Crippen molar-refractivity contribution in [3.63, 3.8) is 0 Å². The van der Waals surface area contributed by atoms with E-state index in [4.69, 9.17) is 4.74 Å². The maximum absolute atomic E-state index is 12.0. The maximum atomic E-state index is 12.0. The average molecular weight is 297 g/mol. The monoisotopic (exact) mass is 297 g/mol. The Labute approximate surface area is 130 Å². The average Bonchev–Trinajstić information content (AvgIpc) is 2.53. The highest BCUT2D eigenvalue weighted by atomic mass is 16.5. The fourth-order valence-corrected chi connectivity index (χ4v) is 1.93. The molecule has 0 atom stereocenters. The van der Waals surface area contributed by atoms with Gasteiger partial charge in [-0.1, -0.05) is 29.8 Å². The van der Waals surface area contributed by atoms with E-state index in [1.165, 1.54) is 0 Å². The summed E-state index contributed by atoms with van der Waals surface area (Å²) in [6.45, 7) is 1.70. The number of carbonyl (C=O) groups is 2. The van der Waals surface area contributed by atoms with Crippen LogP contribution in [0.1, 0.15) is 26.3 Å². The molecule has 0 aliphatic heterocycles. The van der Waals surface area contributed by atoms with Crippen LogP contribution in [0.5, 0.6) is 0 Å². The lowest BCUT2D eigenvalue weighted by atomic mass is 10.1. The van der Waals surface area contributed by atoms with Crippen LogP contribution in [-0.2, 0) is 4.74 Å². The van der Waals surface area contributed by atoms with Crippen LogP contribution in [0.4, 0.5) is 5.69 Å². The summed E-state index contributed by atoms with van der Waals surface area (Å²) in [5.41, 5.74) is 3.05. The summed E-state index contributed by atoms with van der Waals surface area (Å²) in [6, 6.07) is 14.2. The number of hydrogen-bond donors (Lipinski definition) is 0. The van der Waals surface area contributed by atoms with Gasteiger partial charge in [0.2, 0.25) is 0 Å². The van der Waals surface area contributed by atoms with Gasteiger partial charge in [-0.2, -0.15) is 0 Å². The van der Waals surface area contributed by atoms with Crippen molar-refractivity contribution in [2.75, 3.05) is 25.6 Å². The van der Waals surface area contributed by atoms with Gasteiger partial charge < -0.3 is 9.64 Å². The Morgan fingerprint density at radius 3 is 2.00 bits per heavy atom. The first-order valence-electron chi connectivity index (χ1n) is 7.02. The predicted octanol–water partition coefficient (Wildman–Crippen LogP) is 3.10. The van der Waals surface area contributed by atoms with Crippen molar-refractivity contribution in [3.05, 3.63) is 65.2 Å². The number of Topliss-reactive ketones (excluding diaryl/α,β-unsaturated/α-hetero) is 1. The molecule has 0 saturated heterocycles. The van der Waals surface area contributed by atoms with E-state index in [1.54, 1.807) is 24.3 Å². The number of rotatable bonds is 5. The molecule has 2 aromatic carbocycles. The molecule has 2 rings (SSSR count). The van der Waals surface area contributed by atoms with Gasteiger partial charge in [-0.15, -0.1) is 0 Å². The van der Waals surface area contributed by atoms with Gasteiger partial charge >= 0.3 is 5.97 Å². The Hall–Kier alpha value is -2.62. The molecule has 114 valence electrons. The van der Waals surface area contributed by atoms with E-state index in [9.17, 15) is 9.59 Å². The zero-order valence-corrected chi connectivity index (χ0v) is 13.0. The smallest absolute Gasteiger partial charge is 0.338 e. The van der Waals surface area contributed by atoms with E-state index in [-0.39, 0.29) is 12.4 Å². The van der Waals surface area contributed by atoms with Crippen LogP contribution in [-0.4, -0.2) is 32.5 Å². The van der Waals surface area contributed by atoms with Gasteiger partial charge in [0.05, 0.1) is 5.56 Å². The molecule has 0 radical (unpaired) electrons. The third kappa shape index (κ3) is 3.95. The van der Waals surface area contributed by atoms with E-state index in [0.29, 0.717) is 11.1 Å². The van der Waals surface area contributed by atoms with Gasteiger partial charge in [0.25, 0.3) is 0 Å². The van der Waals surface area contributed by atoms with E-state index in [0.717, 1.165) is 11.3 Å². The van der Waals surface area contributed by atoms with E-state index in [2.05, 4.69) is 0 Å². The van der Waals surface area contributed by atoms with Crippen LogP contribution >= 0.6 is 0 Å². The van der Waals surface area contributed by atoms with Crippen LogP contribution in [0.25, 0.3) is 0 Å². The normalized spacial score (nSPS) is 10.1. The largest absolute Gasteiger partial charge is 0.454 e. The molecule has 0 amide bonds. The quantitative estimate of drug-likeness (QED) is 0.628. The molecule has 0 N–H and O–H groups in total. The summed E-state index contributed by atoms with van der Waals surface area (Å²) < 4.78 is 5.07. The lowest BCUT2D eigenvalue weighted by Crippen LogP contribution is -2.14. The molecule has 22 heavy (non-hydrogen) atoms. The number of esters is 1. The van der Waals surface area contributed by atoms with Gasteiger partial charge in [-0.05, 0) is 31.2 Å². The summed E-state index contributed by atoms with van der Waals surface area (Å²) in [4.78, 5) is 25.8. The van der Waals surface area contributed by atoms with Crippen molar-refractivity contribution in [1.82, 2.24) is 0 Å². The van der Waals surface area contributed by atoms with Crippen molar-refractivity contribution >= 4 is 17.4 Å². The number of carbonyl (C=O) groups excluding carboxylic acids is 2. The van der Waals surface area contributed by atoms with Crippen LogP contribution in [0, 0.1) is 6.92 Å². The number of benzene rings is 2. The third-order valence-corrected chi connectivity index (χ3v) is 3.33. The minimum Gasteiger partial charge on any atom is -0.454 e. The number of ketones is 1. The Morgan fingerprint density at radius 1 is 0.909 bits per heavy atom. The molecule has 0 spiro atoms. The van der Waals surface area contributed by atoms with E-state index >= 15 is 0 Å². The summed E-state index contributed by atoms with van der Waals surface area (Å²) in [6.07, 6.45) is 0. The molecule has 0 aliphatic rings. The highest BCUT2D eigenvalue weighted by molar-refractivity contribution is 5.99. The molecule has 4 heteroatoms. The molecule has 2 aromatic rings. The Morgan fingerprint density at radius 2 is 1.45 bits per heavy atom. The first-order valence-corrected chi connectivity index (χ1v) is 7.02. The minimum atomic E-state index is -0.495. The lowest BCUT2D eigenvalue weighted by Gasteiger charge is -2.12. The number of nitrogens with zero attached hydrogens (tertiary/aromatic N) is 1. The minimum absolute atomic E-state index is 0.210. The van der Waals surface area contributed by atoms with Crippen molar-refractivity contribution in [2.24, 2.45) is 0 Å². The molecule has 0 fully saturated rings. The molecule has 0 heterocycles. The Balaban J connectivity index is 1.94. The van der Waals surface area contributed by atoms with E-state index < -0.39 is 5.97 Å². The fourth-order valence-electron chi connectivity index (χ4n) is 1.93. The van der Waals surface area contributed by atoms with Crippen molar-refractivity contribution in [3.8, 4) is 0 Å². The number of anilines is 1. The lowest BCUT2D eigenvalue weighted by molar-refractivity contribution is 0.0475. The van der Waals surface area contributed by atoms with Crippen LogP contribution in [0.15, 0.2) is 48.5 Å². The third-order valence-electron chi connectivity index (χ3n) is 3.33. The van der Waals surface area contributed by atoms with Gasteiger partial charge in [0.15, 0.2) is 12.4 Å². The highest BCUT2D eigenvalue weighted by Gasteiger charge is 2.12. The van der Waals surface area contributed by atoms with Crippen LogP contribution in [0.2, 0.25) is 0 Å². The van der Waals surface area contributed by atoms with Crippen molar-refractivity contribution in [1.29, 1.82) is 0 Å². The Kier molecular flexibility index (Phi) is 4.94. The van der Waals surface area contributed by atoms with E-state index in [1.807, 2.05) is 50.2 Å². The second kappa shape index (κ2) is 6.89. The SMILES string of the molecule is Cc1ccc(C(=O)COC(=O)c2ccc(N(C)C)cc2)cc1. The molecular formula is C18H19NO3. The second-order valence-electron chi connectivity index (χ2n) is 5.31. The number of hydrogen-bond acceptors (Lipinski definition) is 4. The highest BCUT2D eigenvalue weighted by Crippen LogP contribution is 2.13. The van der Waals surface area contributed by atoms with Gasteiger partial charge in [0, 0.05) is 25.3 Å². The first kappa shape index (κ1) is 15.8. The molecule has 0 unspecified atom stereocenters. The Bertz CT molecular complexity index is 658. The fraction of sp³-hybridized carbons (Fsp3) is 0.222. The molecule has 0 saturated carbocycles. The zero-order valence-electron chi connectivity index (χ0n) is 13.0. The number of aryl methyl sites for hydroxylation is 1. The van der Waals surface area contributed by atoms with Crippen LogP contribution < -0.4 is 4.90 Å². The second-order valence-corrected chi connectivity index (χ2v) is 5.31. The topological polar surface area (TPSA) is 46.6 Å². The summed E-state index contributed by atoms with van der Waals surface area (Å²) >= 11 is 0. The first-order chi connectivity index (χ1) is 10.5.